The number of esters is 1. The largest absolute Gasteiger partial charge is 0.460 e. The predicted octanol–water partition coefficient (Wildman–Crippen LogP) is 2.78. The lowest BCUT2D eigenvalue weighted by atomic mass is 10.1. The summed E-state index contributed by atoms with van der Waals surface area (Å²) in [5.74, 6) is -0.356. The van der Waals surface area contributed by atoms with Crippen molar-refractivity contribution < 1.29 is 9.53 Å². The summed E-state index contributed by atoms with van der Waals surface area (Å²) in [5, 5.41) is 3.96. The van der Waals surface area contributed by atoms with Gasteiger partial charge in [0.05, 0.1) is 0 Å². The molecule has 2 rings (SSSR count). The maximum atomic E-state index is 11.7. The van der Waals surface area contributed by atoms with Crippen molar-refractivity contribution >= 4 is 29.7 Å². The second-order valence-corrected chi connectivity index (χ2v) is 4.82. The highest BCUT2D eigenvalue weighted by molar-refractivity contribution is 7.07. The van der Waals surface area contributed by atoms with Crippen LogP contribution in [0.3, 0.4) is 0 Å². The van der Waals surface area contributed by atoms with Crippen molar-refractivity contribution in [2.45, 2.75) is 19.1 Å². The van der Waals surface area contributed by atoms with E-state index in [0.717, 1.165) is 11.1 Å². The van der Waals surface area contributed by atoms with Crippen molar-refractivity contribution in [2.24, 2.45) is 5.73 Å². The van der Waals surface area contributed by atoms with E-state index in [1.807, 2.05) is 47.2 Å². The Morgan fingerprint density at radius 1 is 1.21 bits per heavy atom. The summed E-state index contributed by atoms with van der Waals surface area (Å²) in [6, 6.07) is 10.9. The van der Waals surface area contributed by atoms with Gasteiger partial charge in [-0.15, -0.1) is 12.4 Å². The van der Waals surface area contributed by atoms with Gasteiger partial charge >= 0.3 is 5.97 Å². The molecule has 102 valence electrons. The standard InChI is InChI=1S/C14H15NO2S.ClH/c15-13(8-12-6-7-18-10-12)14(16)17-9-11-4-2-1-3-5-11;/h1-7,10,13H,8-9,15H2;1H/t13-;/m0./s1. The Hall–Kier alpha value is -1.36. The van der Waals surface area contributed by atoms with Crippen LogP contribution in [0.1, 0.15) is 11.1 Å². The highest BCUT2D eigenvalue weighted by atomic mass is 35.5. The lowest BCUT2D eigenvalue weighted by Gasteiger charge is -2.10. The molecular weight excluding hydrogens is 282 g/mol. The third kappa shape index (κ3) is 5.03. The van der Waals surface area contributed by atoms with E-state index in [-0.39, 0.29) is 25.0 Å². The molecule has 1 heterocycles. The molecule has 1 aromatic heterocycles. The van der Waals surface area contributed by atoms with Crippen molar-refractivity contribution in [3.05, 3.63) is 58.3 Å². The first-order valence-electron chi connectivity index (χ1n) is 5.73. The molecule has 2 N–H and O–H groups in total. The zero-order valence-corrected chi connectivity index (χ0v) is 12.0. The summed E-state index contributed by atoms with van der Waals surface area (Å²) in [4.78, 5) is 11.7. The fourth-order valence-electron chi connectivity index (χ4n) is 1.58. The van der Waals surface area contributed by atoms with Crippen LogP contribution in [0.5, 0.6) is 0 Å². The lowest BCUT2D eigenvalue weighted by molar-refractivity contribution is -0.146. The van der Waals surface area contributed by atoms with Crippen LogP contribution in [-0.2, 0) is 22.6 Å². The van der Waals surface area contributed by atoms with Crippen LogP contribution in [0.2, 0.25) is 0 Å². The molecular formula is C14H16ClNO2S. The molecule has 5 heteroatoms. The van der Waals surface area contributed by atoms with E-state index in [2.05, 4.69) is 0 Å². The van der Waals surface area contributed by atoms with E-state index >= 15 is 0 Å². The Balaban J connectivity index is 0.00000180. The second kappa shape index (κ2) is 7.94. The van der Waals surface area contributed by atoms with Crippen molar-refractivity contribution in [1.29, 1.82) is 0 Å². The molecule has 0 aliphatic rings. The molecule has 0 aliphatic heterocycles. The number of thiophene rings is 1. The Morgan fingerprint density at radius 3 is 2.58 bits per heavy atom. The number of rotatable bonds is 5. The minimum Gasteiger partial charge on any atom is -0.460 e. The second-order valence-electron chi connectivity index (χ2n) is 4.04. The molecule has 0 spiro atoms. The topological polar surface area (TPSA) is 52.3 Å². The van der Waals surface area contributed by atoms with E-state index in [4.69, 9.17) is 10.5 Å². The van der Waals surface area contributed by atoms with Crippen LogP contribution in [0, 0.1) is 0 Å². The summed E-state index contributed by atoms with van der Waals surface area (Å²) >= 11 is 1.60. The molecule has 0 unspecified atom stereocenters. The first kappa shape index (κ1) is 15.7. The number of nitrogens with two attached hydrogens (primary N) is 1. The first-order valence-corrected chi connectivity index (χ1v) is 6.67. The Labute approximate surface area is 122 Å². The van der Waals surface area contributed by atoms with Crippen molar-refractivity contribution in [3.8, 4) is 0 Å². The molecule has 3 nitrogen and oxygen atoms in total. The van der Waals surface area contributed by atoms with Gasteiger partial charge in [0.15, 0.2) is 0 Å². The normalized spacial score (nSPS) is 11.4. The van der Waals surface area contributed by atoms with E-state index in [0.29, 0.717) is 6.42 Å². The fraction of sp³-hybridized carbons (Fsp3) is 0.214. The average Bonchev–Trinajstić information content (AvgIpc) is 2.90. The summed E-state index contributed by atoms with van der Waals surface area (Å²) in [6.45, 7) is 0.275. The molecule has 0 fully saturated rings. The molecule has 0 saturated carbocycles. The molecule has 19 heavy (non-hydrogen) atoms. The van der Waals surface area contributed by atoms with Gasteiger partial charge in [-0.2, -0.15) is 11.3 Å². The van der Waals surface area contributed by atoms with Crippen molar-refractivity contribution in [2.75, 3.05) is 0 Å². The van der Waals surface area contributed by atoms with Crippen LogP contribution in [-0.4, -0.2) is 12.0 Å². The predicted molar refractivity (Wildman–Crippen MR) is 79.5 cm³/mol. The zero-order chi connectivity index (χ0) is 12.8. The maximum Gasteiger partial charge on any atom is 0.323 e. The van der Waals surface area contributed by atoms with Gasteiger partial charge in [-0.1, -0.05) is 30.3 Å². The van der Waals surface area contributed by atoms with Gasteiger partial charge in [0, 0.05) is 0 Å². The third-order valence-corrected chi connectivity index (χ3v) is 3.29. The monoisotopic (exact) mass is 297 g/mol. The van der Waals surface area contributed by atoms with Gasteiger partial charge in [0.25, 0.3) is 0 Å². The molecule has 0 aliphatic carbocycles. The molecule has 0 bridgehead atoms. The smallest absolute Gasteiger partial charge is 0.323 e. The molecule has 1 aromatic carbocycles. The maximum absolute atomic E-state index is 11.7. The quantitative estimate of drug-likeness (QED) is 0.864. The van der Waals surface area contributed by atoms with Crippen LogP contribution in [0.4, 0.5) is 0 Å². The third-order valence-electron chi connectivity index (χ3n) is 2.56. The van der Waals surface area contributed by atoms with Gasteiger partial charge in [0.2, 0.25) is 0 Å². The van der Waals surface area contributed by atoms with Gasteiger partial charge in [-0.3, -0.25) is 4.79 Å². The van der Waals surface area contributed by atoms with E-state index in [9.17, 15) is 4.79 Å². The number of benzene rings is 1. The van der Waals surface area contributed by atoms with E-state index in [1.54, 1.807) is 11.3 Å². The van der Waals surface area contributed by atoms with Gasteiger partial charge in [-0.05, 0) is 34.4 Å². The molecule has 0 saturated heterocycles. The number of hydrogen-bond donors (Lipinski definition) is 1. The summed E-state index contributed by atoms with van der Waals surface area (Å²) in [5.41, 5.74) is 7.84. The van der Waals surface area contributed by atoms with Crippen LogP contribution in [0.15, 0.2) is 47.2 Å². The van der Waals surface area contributed by atoms with Gasteiger partial charge < -0.3 is 10.5 Å². The minimum absolute atomic E-state index is 0. The fourth-order valence-corrected chi connectivity index (χ4v) is 2.26. The number of carbonyl (C=O) groups is 1. The number of carbonyl (C=O) groups excluding carboxylic acids is 1. The lowest BCUT2D eigenvalue weighted by Crippen LogP contribution is -2.34. The van der Waals surface area contributed by atoms with Crippen molar-refractivity contribution in [3.63, 3.8) is 0 Å². The van der Waals surface area contributed by atoms with Gasteiger partial charge in [-0.25, -0.2) is 0 Å². The summed E-state index contributed by atoms with van der Waals surface area (Å²) < 4.78 is 5.18. The van der Waals surface area contributed by atoms with Crippen LogP contribution >= 0.6 is 23.7 Å². The Morgan fingerprint density at radius 2 is 1.95 bits per heavy atom. The summed E-state index contributed by atoms with van der Waals surface area (Å²) in [7, 11) is 0. The van der Waals surface area contributed by atoms with E-state index < -0.39 is 6.04 Å². The number of halogens is 1. The highest BCUT2D eigenvalue weighted by Crippen LogP contribution is 2.09. The minimum atomic E-state index is -0.594. The first-order chi connectivity index (χ1) is 8.75. The molecule has 2 aromatic rings. The van der Waals surface area contributed by atoms with Crippen LogP contribution < -0.4 is 5.73 Å². The SMILES string of the molecule is Cl.N[C@@H](Cc1ccsc1)C(=O)OCc1ccccc1. The zero-order valence-electron chi connectivity index (χ0n) is 10.3. The molecule has 0 amide bonds. The van der Waals surface area contributed by atoms with Crippen LogP contribution in [0.25, 0.3) is 0 Å². The Kier molecular flexibility index (Phi) is 6.56. The van der Waals surface area contributed by atoms with Gasteiger partial charge in [0.1, 0.15) is 12.6 Å². The van der Waals surface area contributed by atoms with Crippen molar-refractivity contribution in [1.82, 2.24) is 0 Å². The van der Waals surface area contributed by atoms with E-state index in [1.165, 1.54) is 0 Å². The molecule has 0 radical (unpaired) electrons. The summed E-state index contributed by atoms with van der Waals surface area (Å²) in [6.07, 6.45) is 0.525. The highest BCUT2D eigenvalue weighted by Gasteiger charge is 2.15. The molecule has 1 atom stereocenters. The Bertz CT molecular complexity index is 487. The number of ether oxygens (including phenoxy) is 1. The number of hydrogen-bond acceptors (Lipinski definition) is 4. The average molecular weight is 298 g/mol.